The summed E-state index contributed by atoms with van der Waals surface area (Å²) in [6.45, 7) is 5.66. The fourth-order valence-electron chi connectivity index (χ4n) is 2.38. The van der Waals surface area contributed by atoms with Gasteiger partial charge in [0.15, 0.2) is 0 Å². The van der Waals surface area contributed by atoms with Crippen molar-refractivity contribution in [2.24, 2.45) is 5.92 Å². The molecule has 1 aromatic heterocycles. The molecule has 4 heteroatoms. The van der Waals surface area contributed by atoms with Gasteiger partial charge in [-0.2, -0.15) is 0 Å². The molecule has 1 aliphatic heterocycles. The molecule has 0 aromatic carbocycles. The van der Waals surface area contributed by atoms with Crippen LogP contribution in [0.25, 0.3) is 0 Å². The molecule has 0 radical (unpaired) electrons. The summed E-state index contributed by atoms with van der Waals surface area (Å²) >= 11 is 3.54. The van der Waals surface area contributed by atoms with Gasteiger partial charge in [0.2, 0.25) is 0 Å². The number of halogens is 1. The van der Waals surface area contributed by atoms with Gasteiger partial charge in [0.05, 0.1) is 16.4 Å². The number of rotatable bonds is 1. The first kappa shape index (κ1) is 11.7. The molecule has 2 rings (SSSR count). The molecule has 16 heavy (non-hydrogen) atoms. The Morgan fingerprint density at radius 2 is 2.25 bits per heavy atom. The Kier molecular flexibility index (Phi) is 3.38. The standard InChI is InChI=1S/C12H18BrN3/c1-8-3-4-16(9(2)5-8)12-11(13)6-10(14)7-15-12/h6-9H,3-5,14H2,1-2H3. The SMILES string of the molecule is CC1CCN(c2ncc(N)cc2Br)C(C)C1. The smallest absolute Gasteiger partial charge is 0.143 e. The minimum atomic E-state index is 0.552. The van der Waals surface area contributed by atoms with E-state index >= 15 is 0 Å². The fourth-order valence-corrected chi connectivity index (χ4v) is 2.97. The van der Waals surface area contributed by atoms with Gasteiger partial charge in [-0.3, -0.25) is 0 Å². The summed E-state index contributed by atoms with van der Waals surface area (Å²) in [5.41, 5.74) is 6.41. The van der Waals surface area contributed by atoms with Crippen LogP contribution in [0.15, 0.2) is 16.7 Å². The number of anilines is 2. The Bertz CT molecular complexity index is 381. The van der Waals surface area contributed by atoms with E-state index in [-0.39, 0.29) is 0 Å². The third-order valence-corrected chi connectivity index (χ3v) is 3.84. The first-order valence-electron chi connectivity index (χ1n) is 5.75. The topological polar surface area (TPSA) is 42.2 Å². The van der Waals surface area contributed by atoms with Crippen LogP contribution in [0, 0.1) is 5.92 Å². The van der Waals surface area contributed by atoms with Gasteiger partial charge in [0, 0.05) is 12.6 Å². The van der Waals surface area contributed by atoms with Crippen LogP contribution in [-0.2, 0) is 0 Å². The quantitative estimate of drug-likeness (QED) is 0.861. The van der Waals surface area contributed by atoms with Crippen LogP contribution >= 0.6 is 15.9 Å². The van der Waals surface area contributed by atoms with E-state index in [1.807, 2.05) is 6.07 Å². The van der Waals surface area contributed by atoms with Crippen molar-refractivity contribution in [2.45, 2.75) is 32.7 Å². The van der Waals surface area contributed by atoms with Gasteiger partial charge >= 0.3 is 0 Å². The van der Waals surface area contributed by atoms with Crippen molar-refractivity contribution in [1.82, 2.24) is 4.98 Å². The number of nitrogen functional groups attached to an aromatic ring is 1. The second-order valence-electron chi connectivity index (χ2n) is 4.75. The van der Waals surface area contributed by atoms with E-state index in [1.54, 1.807) is 6.20 Å². The van der Waals surface area contributed by atoms with Crippen molar-refractivity contribution in [3.63, 3.8) is 0 Å². The minimum Gasteiger partial charge on any atom is -0.397 e. The highest BCUT2D eigenvalue weighted by molar-refractivity contribution is 9.10. The zero-order valence-corrected chi connectivity index (χ0v) is 11.4. The number of hydrogen-bond donors (Lipinski definition) is 1. The monoisotopic (exact) mass is 283 g/mol. The molecule has 0 amide bonds. The van der Waals surface area contributed by atoms with Crippen LogP contribution in [0.2, 0.25) is 0 Å². The highest BCUT2D eigenvalue weighted by Gasteiger charge is 2.25. The maximum Gasteiger partial charge on any atom is 0.143 e. The van der Waals surface area contributed by atoms with Crippen LogP contribution in [0.5, 0.6) is 0 Å². The Hall–Kier alpha value is -0.770. The van der Waals surface area contributed by atoms with Gasteiger partial charge in [-0.15, -0.1) is 0 Å². The van der Waals surface area contributed by atoms with Crippen molar-refractivity contribution in [3.05, 3.63) is 16.7 Å². The summed E-state index contributed by atoms with van der Waals surface area (Å²) in [7, 11) is 0. The molecular formula is C12H18BrN3. The maximum absolute atomic E-state index is 5.70. The average Bonchev–Trinajstić information content (AvgIpc) is 2.19. The summed E-state index contributed by atoms with van der Waals surface area (Å²) < 4.78 is 0.994. The third-order valence-electron chi connectivity index (χ3n) is 3.25. The molecule has 0 bridgehead atoms. The molecular weight excluding hydrogens is 266 g/mol. The van der Waals surface area contributed by atoms with Gasteiger partial charge in [-0.25, -0.2) is 4.98 Å². The normalized spacial score (nSPS) is 25.8. The Morgan fingerprint density at radius 3 is 2.88 bits per heavy atom. The van der Waals surface area contributed by atoms with Gasteiger partial charge in [-0.05, 0) is 47.7 Å². The summed E-state index contributed by atoms with van der Waals surface area (Å²) in [6.07, 6.45) is 4.20. The lowest BCUT2D eigenvalue weighted by molar-refractivity contribution is 0.375. The predicted molar refractivity (Wildman–Crippen MR) is 71.6 cm³/mol. The predicted octanol–water partition coefficient (Wildman–Crippen LogP) is 3.05. The zero-order valence-electron chi connectivity index (χ0n) is 9.78. The largest absolute Gasteiger partial charge is 0.397 e. The van der Waals surface area contributed by atoms with Crippen LogP contribution in [-0.4, -0.2) is 17.6 Å². The molecule has 1 aromatic rings. The van der Waals surface area contributed by atoms with E-state index in [2.05, 4.69) is 39.7 Å². The van der Waals surface area contributed by atoms with Gasteiger partial charge < -0.3 is 10.6 Å². The zero-order chi connectivity index (χ0) is 11.7. The fraction of sp³-hybridized carbons (Fsp3) is 0.583. The lowest BCUT2D eigenvalue weighted by Crippen LogP contribution is -2.40. The highest BCUT2D eigenvalue weighted by atomic mass is 79.9. The van der Waals surface area contributed by atoms with Gasteiger partial charge in [0.25, 0.3) is 0 Å². The van der Waals surface area contributed by atoms with E-state index in [4.69, 9.17) is 5.73 Å². The van der Waals surface area contributed by atoms with E-state index < -0.39 is 0 Å². The Labute approximate surface area is 105 Å². The molecule has 2 heterocycles. The molecule has 2 N–H and O–H groups in total. The van der Waals surface area contributed by atoms with E-state index in [9.17, 15) is 0 Å². The third kappa shape index (κ3) is 2.32. The van der Waals surface area contributed by atoms with Crippen molar-refractivity contribution < 1.29 is 0 Å². The summed E-state index contributed by atoms with van der Waals surface area (Å²) in [5.74, 6) is 1.84. The van der Waals surface area contributed by atoms with Gasteiger partial charge in [0.1, 0.15) is 5.82 Å². The van der Waals surface area contributed by atoms with Crippen molar-refractivity contribution in [2.75, 3.05) is 17.2 Å². The molecule has 1 aliphatic rings. The summed E-state index contributed by atoms with van der Waals surface area (Å²) in [5, 5.41) is 0. The number of nitrogens with zero attached hydrogens (tertiary/aromatic N) is 2. The molecule has 0 spiro atoms. The number of hydrogen-bond acceptors (Lipinski definition) is 3. The van der Waals surface area contributed by atoms with Crippen LogP contribution in [0.3, 0.4) is 0 Å². The second kappa shape index (κ2) is 4.62. The molecule has 0 saturated carbocycles. The van der Waals surface area contributed by atoms with Crippen molar-refractivity contribution in [1.29, 1.82) is 0 Å². The second-order valence-corrected chi connectivity index (χ2v) is 5.60. The first-order valence-corrected chi connectivity index (χ1v) is 6.55. The van der Waals surface area contributed by atoms with Crippen LogP contribution < -0.4 is 10.6 Å². The van der Waals surface area contributed by atoms with Crippen LogP contribution in [0.1, 0.15) is 26.7 Å². The highest BCUT2D eigenvalue weighted by Crippen LogP contribution is 2.32. The molecule has 2 atom stereocenters. The molecule has 2 unspecified atom stereocenters. The van der Waals surface area contributed by atoms with Crippen LogP contribution in [0.4, 0.5) is 11.5 Å². The molecule has 3 nitrogen and oxygen atoms in total. The number of pyridine rings is 1. The van der Waals surface area contributed by atoms with E-state index in [0.29, 0.717) is 11.7 Å². The lowest BCUT2D eigenvalue weighted by Gasteiger charge is -2.37. The Balaban J connectivity index is 2.23. The number of aromatic nitrogens is 1. The molecule has 88 valence electrons. The van der Waals surface area contributed by atoms with Crippen molar-refractivity contribution >= 4 is 27.4 Å². The molecule has 1 fully saturated rings. The molecule has 1 saturated heterocycles. The maximum atomic E-state index is 5.70. The summed E-state index contributed by atoms with van der Waals surface area (Å²) in [6, 6.07) is 2.48. The minimum absolute atomic E-state index is 0.552. The first-order chi connectivity index (χ1) is 7.58. The Morgan fingerprint density at radius 1 is 1.50 bits per heavy atom. The van der Waals surface area contributed by atoms with E-state index in [0.717, 1.165) is 22.8 Å². The van der Waals surface area contributed by atoms with E-state index in [1.165, 1.54) is 12.8 Å². The number of nitrogens with two attached hydrogens (primary N) is 1. The number of piperidine rings is 1. The lowest BCUT2D eigenvalue weighted by atomic mass is 9.93. The van der Waals surface area contributed by atoms with Gasteiger partial charge in [-0.1, -0.05) is 6.92 Å². The van der Waals surface area contributed by atoms with Crippen molar-refractivity contribution in [3.8, 4) is 0 Å². The summed E-state index contributed by atoms with van der Waals surface area (Å²) in [4.78, 5) is 6.80. The average molecular weight is 284 g/mol. The molecule has 0 aliphatic carbocycles.